The number of ether oxygens (including phenoxy) is 2. The lowest BCUT2D eigenvalue weighted by atomic mass is 10.1. The molecule has 2 rings (SSSR count). The van der Waals surface area contributed by atoms with Crippen molar-refractivity contribution in [2.45, 2.75) is 39.7 Å². The Bertz CT molecular complexity index is 794. The molecule has 7 heteroatoms. The van der Waals surface area contributed by atoms with E-state index in [9.17, 15) is 18.0 Å². The van der Waals surface area contributed by atoms with Crippen LogP contribution in [-0.4, -0.2) is 5.97 Å². The molecule has 26 heavy (non-hydrogen) atoms. The average molecular weight is 387 g/mol. The molecule has 0 aromatic heterocycles. The molecule has 0 saturated carbocycles. The molecule has 0 aliphatic rings. The zero-order chi connectivity index (χ0) is 19.3. The Balaban J connectivity index is 2.32. The van der Waals surface area contributed by atoms with Gasteiger partial charge in [-0.3, -0.25) is 4.79 Å². The van der Waals surface area contributed by atoms with Crippen LogP contribution in [-0.2, 0) is 17.8 Å². The summed E-state index contributed by atoms with van der Waals surface area (Å²) in [6.07, 6.45) is -2.38. The first-order chi connectivity index (χ1) is 12.4. The highest BCUT2D eigenvalue weighted by Gasteiger charge is 2.19. The maximum atomic E-state index is 14.0. The fourth-order valence-corrected chi connectivity index (χ4v) is 2.53. The lowest BCUT2D eigenvalue weighted by Gasteiger charge is -2.16. The molecule has 2 aromatic rings. The summed E-state index contributed by atoms with van der Waals surface area (Å²) >= 11 is 6.11. The number of aryl methyl sites for hydroxylation is 1. The van der Waals surface area contributed by atoms with E-state index < -0.39 is 23.8 Å². The first kappa shape index (κ1) is 20.1. The second-order valence-corrected chi connectivity index (χ2v) is 5.88. The Morgan fingerprint density at radius 3 is 2.54 bits per heavy atom. The van der Waals surface area contributed by atoms with Gasteiger partial charge in [0.25, 0.3) is 6.43 Å². The minimum absolute atomic E-state index is 0.159. The predicted molar refractivity (Wildman–Crippen MR) is 92.4 cm³/mol. The Kier molecular flexibility index (Phi) is 6.91. The molecule has 0 atom stereocenters. The van der Waals surface area contributed by atoms with Crippen molar-refractivity contribution in [2.75, 3.05) is 0 Å². The predicted octanol–water partition coefficient (Wildman–Crippen LogP) is 5.87. The van der Waals surface area contributed by atoms with Gasteiger partial charge in [-0.2, -0.15) is 0 Å². The first-order valence-electron chi connectivity index (χ1n) is 8.08. The SMILES string of the molecule is CCC(=O)Oc1cccc(Cl)c1COc1cc(F)c(CC)cc1C(F)F. The van der Waals surface area contributed by atoms with Crippen LogP contribution in [0.25, 0.3) is 0 Å². The van der Waals surface area contributed by atoms with Crippen LogP contribution in [0.3, 0.4) is 0 Å². The van der Waals surface area contributed by atoms with Gasteiger partial charge in [-0.05, 0) is 30.2 Å². The van der Waals surface area contributed by atoms with Gasteiger partial charge in [-0.1, -0.05) is 31.5 Å². The molecule has 3 nitrogen and oxygen atoms in total. The summed E-state index contributed by atoms with van der Waals surface area (Å²) in [5, 5.41) is 0.246. The number of halogens is 4. The van der Waals surface area contributed by atoms with E-state index in [0.717, 1.165) is 12.1 Å². The smallest absolute Gasteiger partial charge is 0.310 e. The van der Waals surface area contributed by atoms with E-state index in [2.05, 4.69) is 0 Å². The molecule has 0 amide bonds. The molecule has 0 aliphatic carbocycles. The fourth-order valence-electron chi connectivity index (χ4n) is 2.30. The third kappa shape index (κ3) is 4.69. The second-order valence-electron chi connectivity index (χ2n) is 5.47. The number of rotatable bonds is 7. The van der Waals surface area contributed by atoms with Crippen LogP contribution in [0.15, 0.2) is 30.3 Å². The lowest BCUT2D eigenvalue weighted by Crippen LogP contribution is -2.09. The molecular formula is C19H18ClF3O3. The van der Waals surface area contributed by atoms with Gasteiger partial charge >= 0.3 is 5.97 Å². The monoisotopic (exact) mass is 386 g/mol. The van der Waals surface area contributed by atoms with E-state index in [1.807, 2.05) is 0 Å². The quantitative estimate of drug-likeness (QED) is 0.440. The molecular weight excluding hydrogens is 369 g/mol. The summed E-state index contributed by atoms with van der Waals surface area (Å²) in [6.45, 7) is 3.05. The first-order valence-corrected chi connectivity index (χ1v) is 8.46. The van der Waals surface area contributed by atoms with Crippen molar-refractivity contribution < 1.29 is 27.4 Å². The molecule has 0 aliphatic heterocycles. The molecule has 0 N–H and O–H groups in total. The fraction of sp³-hybridized carbons (Fsp3) is 0.316. The van der Waals surface area contributed by atoms with Gasteiger partial charge < -0.3 is 9.47 Å². The van der Waals surface area contributed by atoms with Crippen molar-refractivity contribution in [2.24, 2.45) is 0 Å². The van der Waals surface area contributed by atoms with Crippen molar-refractivity contribution in [3.8, 4) is 11.5 Å². The Labute approximate surface area is 154 Å². The van der Waals surface area contributed by atoms with E-state index >= 15 is 0 Å². The largest absolute Gasteiger partial charge is 0.488 e. The number of esters is 1. The standard InChI is InChI=1S/C19H18ClF3O3/c1-3-11-8-12(19(22)23)17(9-15(11)21)25-10-13-14(20)6-5-7-16(13)26-18(24)4-2/h5-9,19H,3-4,10H2,1-2H3. The number of carbonyl (C=O) groups excluding carboxylic acids is 1. The summed E-state index contributed by atoms with van der Waals surface area (Å²) in [7, 11) is 0. The van der Waals surface area contributed by atoms with Gasteiger partial charge in [0.1, 0.15) is 23.9 Å². The van der Waals surface area contributed by atoms with E-state index in [1.165, 1.54) is 6.07 Å². The van der Waals surface area contributed by atoms with Gasteiger partial charge in [0.2, 0.25) is 0 Å². The highest BCUT2D eigenvalue weighted by Crippen LogP contribution is 2.34. The Hall–Kier alpha value is -2.21. The van der Waals surface area contributed by atoms with Crippen LogP contribution in [0.5, 0.6) is 11.5 Å². The van der Waals surface area contributed by atoms with Crippen molar-refractivity contribution in [1.82, 2.24) is 0 Å². The van der Waals surface area contributed by atoms with Gasteiger partial charge in [0.05, 0.1) is 16.1 Å². The third-order valence-electron chi connectivity index (χ3n) is 3.76. The van der Waals surface area contributed by atoms with Crippen LogP contribution >= 0.6 is 11.6 Å². The van der Waals surface area contributed by atoms with Crippen molar-refractivity contribution in [1.29, 1.82) is 0 Å². The van der Waals surface area contributed by atoms with E-state index in [-0.39, 0.29) is 41.5 Å². The number of carbonyl (C=O) groups is 1. The summed E-state index contributed by atoms with van der Waals surface area (Å²) in [5.74, 6) is -1.19. The maximum absolute atomic E-state index is 14.0. The summed E-state index contributed by atoms with van der Waals surface area (Å²) < 4.78 is 51.1. The van der Waals surface area contributed by atoms with Gasteiger partial charge in [-0.15, -0.1) is 0 Å². The molecule has 0 spiro atoms. The minimum Gasteiger partial charge on any atom is -0.488 e. The van der Waals surface area contributed by atoms with E-state index in [0.29, 0.717) is 5.56 Å². The van der Waals surface area contributed by atoms with E-state index in [1.54, 1.807) is 26.0 Å². The zero-order valence-corrected chi connectivity index (χ0v) is 15.1. The van der Waals surface area contributed by atoms with Gasteiger partial charge in [0, 0.05) is 12.5 Å². The van der Waals surface area contributed by atoms with Crippen LogP contribution in [0.2, 0.25) is 5.02 Å². The van der Waals surface area contributed by atoms with Crippen LogP contribution in [0.4, 0.5) is 13.2 Å². The zero-order valence-electron chi connectivity index (χ0n) is 14.3. The summed E-state index contributed by atoms with van der Waals surface area (Å²) in [6, 6.07) is 6.70. The van der Waals surface area contributed by atoms with Crippen LogP contribution in [0.1, 0.15) is 43.4 Å². The number of benzene rings is 2. The van der Waals surface area contributed by atoms with Crippen molar-refractivity contribution >= 4 is 17.6 Å². The topological polar surface area (TPSA) is 35.5 Å². The molecule has 0 unspecified atom stereocenters. The Morgan fingerprint density at radius 2 is 1.92 bits per heavy atom. The lowest BCUT2D eigenvalue weighted by molar-refractivity contribution is -0.134. The molecule has 0 saturated heterocycles. The summed E-state index contributed by atoms with van der Waals surface area (Å²) in [5.41, 5.74) is 0.0986. The van der Waals surface area contributed by atoms with Crippen LogP contribution < -0.4 is 9.47 Å². The second kappa shape index (κ2) is 8.94. The molecule has 0 bridgehead atoms. The molecule has 0 fully saturated rings. The molecule has 0 heterocycles. The maximum Gasteiger partial charge on any atom is 0.310 e. The number of alkyl halides is 2. The highest BCUT2D eigenvalue weighted by molar-refractivity contribution is 6.31. The van der Waals surface area contributed by atoms with Crippen LogP contribution in [0, 0.1) is 5.82 Å². The minimum atomic E-state index is -2.82. The normalized spacial score (nSPS) is 10.9. The summed E-state index contributed by atoms with van der Waals surface area (Å²) in [4.78, 5) is 11.5. The van der Waals surface area contributed by atoms with E-state index in [4.69, 9.17) is 21.1 Å². The molecule has 0 radical (unpaired) electrons. The number of hydrogen-bond donors (Lipinski definition) is 0. The highest BCUT2D eigenvalue weighted by atomic mass is 35.5. The van der Waals surface area contributed by atoms with Gasteiger partial charge in [-0.25, -0.2) is 13.2 Å². The number of hydrogen-bond acceptors (Lipinski definition) is 3. The van der Waals surface area contributed by atoms with Crippen molar-refractivity contribution in [3.63, 3.8) is 0 Å². The van der Waals surface area contributed by atoms with Gasteiger partial charge in [0.15, 0.2) is 0 Å². The van der Waals surface area contributed by atoms with Crippen molar-refractivity contribution in [3.05, 3.63) is 57.9 Å². The third-order valence-corrected chi connectivity index (χ3v) is 4.11. The average Bonchev–Trinajstić information content (AvgIpc) is 2.60. The molecule has 140 valence electrons. The molecule has 2 aromatic carbocycles. The Morgan fingerprint density at radius 1 is 1.19 bits per heavy atom.